The molecule has 266 valence electrons. The smallest absolute Gasteiger partial charge is 0.265 e. The summed E-state index contributed by atoms with van der Waals surface area (Å²) in [5.74, 6) is -0.114. The van der Waals surface area contributed by atoms with Crippen molar-refractivity contribution in [3.05, 3.63) is 113 Å². The Labute approximate surface area is 300 Å². The molecule has 0 spiro atoms. The van der Waals surface area contributed by atoms with Gasteiger partial charge in [-0.2, -0.15) is 0 Å². The number of sulfonamides is 1. The molecule has 0 radical (unpaired) electrons. The van der Waals surface area contributed by atoms with E-state index in [1.807, 2.05) is 75.4 Å². The third-order valence-electron chi connectivity index (χ3n) is 8.02. The van der Waals surface area contributed by atoms with E-state index in [2.05, 4.69) is 5.32 Å². The highest BCUT2D eigenvalue weighted by Crippen LogP contribution is 2.37. The number of methoxy groups -OCH3 is 3. The number of nitrogens with one attached hydrogen (secondary N) is 1. The van der Waals surface area contributed by atoms with Crippen molar-refractivity contribution >= 4 is 39.1 Å². The number of hydrogen-bond donors (Lipinski definition) is 1. The van der Waals surface area contributed by atoms with Crippen LogP contribution in [-0.4, -0.2) is 65.6 Å². The van der Waals surface area contributed by atoms with Crippen LogP contribution in [0.1, 0.15) is 30.5 Å². The van der Waals surface area contributed by atoms with Gasteiger partial charge in [0.1, 0.15) is 18.3 Å². The molecule has 0 bridgehead atoms. The van der Waals surface area contributed by atoms with Crippen molar-refractivity contribution in [1.29, 1.82) is 0 Å². The highest BCUT2D eigenvalue weighted by atomic mass is 35.5. The lowest BCUT2D eigenvalue weighted by Gasteiger charge is -2.34. The van der Waals surface area contributed by atoms with Crippen LogP contribution in [0.5, 0.6) is 17.2 Å². The summed E-state index contributed by atoms with van der Waals surface area (Å²) in [4.78, 5) is 30.1. The lowest BCUT2D eigenvalue weighted by Crippen LogP contribution is -2.53. The van der Waals surface area contributed by atoms with Crippen molar-refractivity contribution in [2.45, 2.75) is 44.7 Å². The van der Waals surface area contributed by atoms with Gasteiger partial charge < -0.3 is 24.4 Å². The first kappa shape index (κ1) is 38.1. The number of anilines is 1. The molecule has 0 aliphatic heterocycles. The fraction of sp³-hybridized carbons (Fsp3) is 0.316. The summed E-state index contributed by atoms with van der Waals surface area (Å²) >= 11 is 6.40. The zero-order valence-corrected chi connectivity index (χ0v) is 30.8. The van der Waals surface area contributed by atoms with Crippen LogP contribution < -0.4 is 23.8 Å². The number of aryl methyl sites for hydroxylation is 1. The molecule has 4 aromatic rings. The Morgan fingerprint density at radius 3 is 2.10 bits per heavy atom. The van der Waals surface area contributed by atoms with Crippen molar-refractivity contribution in [3.8, 4) is 17.2 Å². The van der Waals surface area contributed by atoms with Crippen LogP contribution in [0.2, 0.25) is 5.02 Å². The van der Waals surface area contributed by atoms with Gasteiger partial charge in [0.25, 0.3) is 10.0 Å². The van der Waals surface area contributed by atoms with Gasteiger partial charge in [-0.25, -0.2) is 8.42 Å². The van der Waals surface area contributed by atoms with E-state index in [9.17, 15) is 18.0 Å². The van der Waals surface area contributed by atoms with Gasteiger partial charge in [0.15, 0.2) is 11.5 Å². The molecule has 2 amide bonds. The second-order valence-corrected chi connectivity index (χ2v) is 14.5. The maximum atomic E-state index is 14.8. The zero-order chi connectivity index (χ0) is 36.4. The summed E-state index contributed by atoms with van der Waals surface area (Å²) in [6.07, 6.45) is 0.200. The van der Waals surface area contributed by atoms with Crippen molar-refractivity contribution in [1.82, 2.24) is 10.2 Å². The fourth-order valence-electron chi connectivity index (χ4n) is 5.46. The molecule has 0 saturated carbocycles. The van der Waals surface area contributed by atoms with E-state index in [1.165, 1.54) is 56.6 Å². The molecule has 0 aromatic heterocycles. The SMILES string of the molecule is COc1ccc(S(=O)(=O)N(CC(=O)N(Cc2cccc(C)c2)C(Cc2ccccc2)C(=O)NCC(C)C)c2cc(Cl)ccc2OC)cc1OC. The number of ether oxygens (including phenoxy) is 3. The fourth-order valence-corrected chi connectivity index (χ4v) is 7.06. The molecule has 1 unspecified atom stereocenters. The average molecular weight is 722 g/mol. The zero-order valence-electron chi connectivity index (χ0n) is 29.2. The molecule has 0 aliphatic carbocycles. The second-order valence-electron chi connectivity index (χ2n) is 12.2. The number of carbonyl (C=O) groups excluding carboxylic acids is 2. The number of amides is 2. The van der Waals surface area contributed by atoms with Crippen LogP contribution in [0.15, 0.2) is 95.9 Å². The highest BCUT2D eigenvalue weighted by molar-refractivity contribution is 7.92. The minimum Gasteiger partial charge on any atom is -0.495 e. The third kappa shape index (κ3) is 9.48. The summed E-state index contributed by atoms with van der Waals surface area (Å²) in [5.41, 5.74) is 2.64. The van der Waals surface area contributed by atoms with Gasteiger partial charge >= 0.3 is 0 Å². The van der Waals surface area contributed by atoms with Gasteiger partial charge in [0, 0.05) is 30.6 Å². The topological polar surface area (TPSA) is 114 Å². The van der Waals surface area contributed by atoms with Gasteiger partial charge in [-0.3, -0.25) is 13.9 Å². The highest BCUT2D eigenvalue weighted by Gasteiger charge is 2.36. The van der Waals surface area contributed by atoms with Crippen LogP contribution in [0.3, 0.4) is 0 Å². The van der Waals surface area contributed by atoms with E-state index in [4.69, 9.17) is 25.8 Å². The van der Waals surface area contributed by atoms with Crippen molar-refractivity contribution in [2.24, 2.45) is 5.92 Å². The Bertz CT molecular complexity index is 1890. The standard InChI is InChI=1S/C38H44ClN3O7S/c1-26(2)23-40-38(44)33(20-28-12-8-7-9-13-28)41(24-29-14-10-11-27(3)19-29)37(43)25-42(32-21-30(39)15-17-34(32)47-4)50(45,46)31-16-18-35(48-5)36(22-31)49-6/h7-19,21-22,26,33H,20,23-25H2,1-6H3,(H,40,44). The van der Waals surface area contributed by atoms with Gasteiger partial charge in [-0.05, 0) is 54.3 Å². The summed E-state index contributed by atoms with van der Waals surface area (Å²) in [6, 6.07) is 24.7. The van der Waals surface area contributed by atoms with Crippen LogP contribution in [-0.2, 0) is 32.6 Å². The number of carbonyl (C=O) groups is 2. The molecule has 4 aromatic carbocycles. The first-order valence-electron chi connectivity index (χ1n) is 16.1. The lowest BCUT2D eigenvalue weighted by atomic mass is 10.0. The van der Waals surface area contributed by atoms with Gasteiger partial charge in [0.05, 0.1) is 31.9 Å². The monoisotopic (exact) mass is 721 g/mol. The Hall–Kier alpha value is -4.74. The summed E-state index contributed by atoms with van der Waals surface area (Å²) in [7, 11) is -0.244. The van der Waals surface area contributed by atoms with Crippen LogP contribution in [0.4, 0.5) is 5.69 Å². The number of hydrogen-bond acceptors (Lipinski definition) is 7. The number of rotatable bonds is 16. The van der Waals surface area contributed by atoms with E-state index in [0.717, 1.165) is 21.0 Å². The van der Waals surface area contributed by atoms with Gasteiger partial charge in [-0.15, -0.1) is 0 Å². The van der Waals surface area contributed by atoms with E-state index < -0.39 is 28.5 Å². The van der Waals surface area contributed by atoms with E-state index in [-0.39, 0.29) is 51.9 Å². The molecular formula is C38H44ClN3O7S. The van der Waals surface area contributed by atoms with Crippen molar-refractivity contribution in [2.75, 3.05) is 38.7 Å². The largest absolute Gasteiger partial charge is 0.495 e. The van der Waals surface area contributed by atoms with Gasteiger partial charge in [-0.1, -0.05) is 85.6 Å². The third-order valence-corrected chi connectivity index (χ3v) is 10.0. The number of nitrogens with zero attached hydrogens (tertiary/aromatic N) is 2. The summed E-state index contributed by atoms with van der Waals surface area (Å²) in [6.45, 7) is 5.67. The molecule has 50 heavy (non-hydrogen) atoms. The number of benzene rings is 4. The van der Waals surface area contributed by atoms with Gasteiger partial charge in [0.2, 0.25) is 11.8 Å². The number of halogens is 1. The predicted octanol–water partition coefficient (Wildman–Crippen LogP) is 6.28. The lowest BCUT2D eigenvalue weighted by molar-refractivity contribution is -0.140. The van der Waals surface area contributed by atoms with Crippen LogP contribution >= 0.6 is 11.6 Å². The average Bonchev–Trinajstić information content (AvgIpc) is 3.10. The second kappa shape index (κ2) is 17.3. The Morgan fingerprint density at radius 1 is 0.800 bits per heavy atom. The molecule has 0 heterocycles. The first-order valence-corrected chi connectivity index (χ1v) is 17.9. The summed E-state index contributed by atoms with van der Waals surface area (Å²) < 4.78 is 46.4. The van der Waals surface area contributed by atoms with Crippen molar-refractivity contribution < 1.29 is 32.2 Å². The van der Waals surface area contributed by atoms with Crippen molar-refractivity contribution in [3.63, 3.8) is 0 Å². The molecule has 10 nitrogen and oxygen atoms in total. The van der Waals surface area contributed by atoms with Crippen LogP contribution in [0, 0.1) is 12.8 Å². The minimum atomic E-state index is -4.48. The quantitative estimate of drug-likeness (QED) is 0.145. The Balaban J connectivity index is 1.88. The first-order chi connectivity index (χ1) is 23.9. The maximum Gasteiger partial charge on any atom is 0.265 e. The molecule has 0 saturated heterocycles. The Kier molecular flexibility index (Phi) is 13.1. The van der Waals surface area contributed by atoms with E-state index >= 15 is 0 Å². The molecule has 12 heteroatoms. The minimum absolute atomic E-state index is 0.0440. The predicted molar refractivity (Wildman–Crippen MR) is 196 cm³/mol. The molecular weight excluding hydrogens is 678 g/mol. The summed E-state index contributed by atoms with van der Waals surface area (Å²) in [5, 5.41) is 3.23. The normalized spacial score (nSPS) is 11.8. The molecule has 1 N–H and O–H groups in total. The molecule has 0 fully saturated rings. The van der Waals surface area contributed by atoms with E-state index in [1.54, 1.807) is 6.07 Å². The molecule has 0 aliphatic rings. The van der Waals surface area contributed by atoms with Crippen LogP contribution in [0.25, 0.3) is 0 Å². The Morgan fingerprint density at radius 2 is 1.46 bits per heavy atom. The maximum absolute atomic E-state index is 14.8. The molecule has 4 rings (SSSR count). The molecule has 1 atom stereocenters. The van der Waals surface area contributed by atoms with E-state index in [0.29, 0.717) is 12.3 Å².